The normalized spacial score (nSPS) is 14.8. The zero-order valence-corrected chi connectivity index (χ0v) is 15.1. The Morgan fingerprint density at radius 2 is 1.81 bits per heavy atom. The lowest BCUT2D eigenvalue weighted by molar-refractivity contribution is 0.0613. The molecule has 1 aliphatic rings. The minimum Gasteiger partial charge on any atom is -0.355 e. The number of carbonyl (C=O) groups is 1. The number of nitrogens with zero attached hydrogens (tertiary/aromatic N) is 3. The van der Waals surface area contributed by atoms with E-state index in [1.165, 1.54) is 18.6 Å². The Balaban J connectivity index is 1.81. The molecule has 0 aliphatic heterocycles. The van der Waals surface area contributed by atoms with Gasteiger partial charge in [0, 0.05) is 31.5 Å². The summed E-state index contributed by atoms with van der Waals surface area (Å²) in [6, 6.07) is 6.56. The fourth-order valence-corrected chi connectivity index (χ4v) is 3.40. The minimum absolute atomic E-state index is 0.0655. The van der Waals surface area contributed by atoms with Crippen LogP contribution in [0.4, 0.5) is 10.3 Å². The topological polar surface area (TPSA) is 58.1 Å². The van der Waals surface area contributed by atoms with E-state index in [1.54, 1.807) is 24.5 Å². The number of anilines is 1. The summed E-state index contributed by atoms with van der Waals surface area (Å²) in [5, 5.41) is 3.03. The maximum absolute atomic E-state index is 13.2. The van der Waals surface area contributed by atoms with Gasteiger partial charge in [0.2, 0.25) is 5.95 Å². The summed E-state index contributed by atoms with van der Waals surface area (Å²) in [5.74, 6) is 0.188. The third-order valence-corrected chi connectivity index (χ3v) is 4.78. The fourth-order valence-electron chi connectivity index (χ4n) is 3.40. The molecule has 0 unspecified atom stereocenters. The van der Waals surface area contributed by atoms with Crippen molar-refractivity contribution in [3.63, 3.8) is 0 Å². The first-order valence-electron chi connectivity index (χ1n) is 9.28. The van der Waals surface area contributed by atoms with Gasteiger partial charge in [0.25, 0.3) is 5.91 Å². The first-order chi connectivity index (χ1) is 12.7. The van der Waals surface area contributed by atoms with Gasteiger partial charge >= 0.3 is 0 Å². The molecule has 2 aromatic rings. The molecule has 1 amide bonds. The van der Waals surface area contributed by atoms with Crippen LogP contribution in [0, 0.1) is 5.82 Å². The van der Waals surface area contributed by atoms with Gasteiger partial charge in [0.1, 0.15) is 5.82 Å². The Hall–Kier alpha value is -2.50. The Kier molecular flexibility index (Phi) is 6.15. The number of nitrogens with one attached hydrogen (secondary N) is 1. The van der Waals surface area contributed by atoms with Crippen LogP contribution >= 0.6 is 0 Å². The van der Waals surface area contributed by atoms with Crippen molar-refractivity contribution in [2.45, 2.75) is 51.6 Å². The molecule has 1 N–H and O–H groups in total. The molecule has 1 heterocycles. The van der Waals surface area contributed by atoms with E-state index in [1.807, 2.05) is 11.8 Å². The Labute approximate surface area is 153 Å². The van der Waals surface area contributed by atoms with Gasteiger partial charge in [0.15, 0.2) is 0 Å². The molecule has 0 radical (unpaired) electrons. The summed E-state index contributed by atoms with van der Waals surface area (Å²) >= 11 is 0. The maximum atomic E-state index is 13.2. The second-order valence-electron chi connectivity index (χ2n) is 6.68. The van der Waals surface area contributed by atoms with Gasteiger partial charge in [-0.05, 0) is 37.5 Å². The summed E-state index contributed by atoms with van der Waals surface area (Å²) in [6.07, 6.45) is 8.64. The van der Waals surface area contributed by atoms with Crippen molar-refractivity contribution in [1.82, 2.24) is 14.9 Å². The number of hydrogen-bond acceptors (Lipinski definition) is 4. The van der Waals surface area contributed by atoms with Crippen LogP contribution in [0.5, 0.6) is 0 Å². The molecule has 1 aliphatic carbocycles. The van der Waals surface area contributed by atoms with Crippen molar-refractivity contribution >= 4 is 11.9 Å². The molecule has 6 heteroatoms. The van der Waals surface area contributed by atoms with E-state index in [-0.39, 0.29) is 17.8 Å². The van der Waals surface area contributed by atoms with Gasteiger partial charge in [-0.1, -0.05) is 31.4 Å². The number of aromatic nitrogens is 2. The molecular formula is C20H25FN4O. The summed E-state index contributed by atoms with van der Waals surface area (Å²) in [6.45, 7) is 3.17. The summed E-state index contributed by atoms with van der Waals surface area (Å²) in [7, 11) is 0. The second kappa shape index (κ2) is 8.74. The average Bonchev–Trinajstić information content (AvgIpc) is 2.68. The smallest absolute Gasteiger partial charge is 0.257 e. The predicted molar refractivity (Wildman–Crippen MR) is 99.3 cm³/mol. The number of hydrogen-bond donors (Lipinski definition) is 1. The largest absolute Gasteiger partial charge is 0.355 e. The van der Waals surface area contributed by atoms with Crippen LogP contribution in [0.25, 0.3) is 0 Å². The minimum atomic E-state index is -0.267. The third kappa shape index (κ3) is 4.56. The lowest BCUT2D eigenvalue weighted by Gasteiger charge is -2.34. The summed E-state index contributed by atoms with van der Waals surface area (Å²) < 4.78 is 13.2. The van der Waals surface area contributed by atoms with Crippen LogP contribution in [0.1, 0.15) is 54.9 Å². The van der Waals surface area contributed by atoms with Crippen molar-refractivity contribution in [2.75, 3.05) is 11.9 Å². The highest BCUT2D eigenvalue weighted by Gasteiger charge is 2.27. The van der Waals surface area contributed by atoms with Crippen LogP contribution in [-0.4, -0.2) is 33.4 Å². The van der Waals surface area contributed by atoms with Crippen LogP contribution in [0.2, 0.25) is 0 Å². The molecule has 26 heavy (non-hydrogen) atoms. The lowest BCUT2D eigenvalue weighted by Crippen LogP contribution is -2.41. The molecule has 1 aromatic carbocycles. The monoisotopic (exact) mass is 356 g/mol. The van der Waals surface area contributed by atoms with Crippen molar-refractivity contribution in [2.24, 2.45) is 0 Å². The molecule has 0 bridgehead atoms. The van der Waals surface area contributed by atoms with Gasteiger partial charge in [-0.3, -0.25) is 4.79 Å². The van der Waals surface area contributed by atoms with Gasteiger partial charge in [0.05, 0.1) is 5.56 Å². The number of carbonyl (C=O) groups excluding carboxylic acids is 1. The number of rotatable bonds is 6. The first kappa shape index (κ1) is 18.3. The molecular weight excluding hydrogens is 331 g/mol. The predicted octanol–water partition coefficient (Wildman–Crippen LogP) is 4.02. The second-order valence-corrected chi connectivity index (χ2v) is 6.68. The van der Waals surface area contributed by atoms with Crippen LogP contribution < -0.4 is 5.32 Å². The zero-order chi connectivity index (χ0) is 18.4. The van der Waals surface area contributed by atoms with Crippen LogP contribution in [0.3, 0.4) is 0 Å². The highest BCUT2D eigenvalue weighted by Crippen LogP contribution is 2.25. The van der Waals surface area contributed by atoms with E-state index in [9.17, 15) is 9.18 Å². The fraction of sp³-hybridized carbons (Fsp3) is 0.450. The Bertz CT molecular complexity index is 712. The SMILES string of the molecule is CCNc1ncc(C(=O)N(Cc2ccc(F)cc2)C2CCCCC2)cn1. The van der Waals surface area contributed by atoms with E-state index >= 15 is 0 Å². The van der Waals surface area contributed by atoms with Gasteiger partial charge in [-0.15, -0.1) is 0 Å². The van der Waals surface area contributed by atoms with Crippen molar-refractivity contribution in [1.29, 1.82) is 0 Å². The number of amides is 1. The van der Waals surface area contributed by atoms with Crippen molar-refractivity contribution < 1.29 is 9.18 Å². The molecule has 0 atom stereocenters. The molecule has 1 fully saturated rings. The average molecular weight is 356 g/mol. The van der Waals surface area contributed by atoms with Crippen LogP contribution in [-0.2, 0) is 6.54 Å². The van der Waals surface area contributed by atoms with Crippen molar-refractivity contribution in [3.05, 3.63) is 53.6 Å². The lowest BCUT2D eigenvalue weighted by atomic mass is 9.93. The van der Waals surface area contributed by atoms with Crippen LogP contribution in [0.15, 0.2) is 36.7 Å². The highest BCUT2D eigenvalue weighted by molar-refractivity contribution is 5.94. The van der Waals surface area contributed by atoms with Gasteiger partial charge in [-0.25, -0.2) is 14.4 Å². The van der Waals surface area contributed by atoms with E-state index < -0.39 is 0 Å². The molecule has 0 saturated heterocycles. The number of halogens is 1. The van der Waals surface area contributed by atoms with Gasteiger partial charge in [-0.2, -0.15) is 0 Å². The quantitative estimate of drug-likeness (QED) is 0.849. The molecule has 0 spiro atoms. The maximum Gasteiger partial charge on any atom is 0.257 e. The van der Waals surface area contributed by atoms with Crippen molar-refractivity contribution in [3.8, 4) is 0 Å². The molecule has 5 nitrogen and oxygen atoms in total. The first-order valence-corrected chi connectivity index (χ1v) is 9.28. The summed E-state index contributed by atoms with van der Waals surface area (Å²) in [4.78, 5) is 23.5. The zero-order valence-electron chi connectivity index (χ0n) is 15.1. The van der Waals surface area contributed by atoms with Gasteiger partial charge < -0.3 is 10.2 Å². The summed E-state index contributed by atoms with van der Waals surface area (Å²) in [5.41, 5.74) is 1.41. The third-order valence-electron chi connectivity index (χ3n) is 4.78. The number of benzene rings is 1. The van der Waals surface area contributed by atoms with E-state index in [0.717, 1.165) is 37.8 Å². The molecule has 138 valence electrons. The standard InChI is InChI=1S/C20H25FN4O/c1-2-22-20-23-12-16(13-24-20)19(26)25(18-6-4-3-5-7-18)14-15-8-10-17(21)11-9-15/h8-13,18H,2-7,14H2,1H3,(H,22,23,24). The van der Waals surface area contributed by atoms with E-state index in [0.29, 0.717) is 18.1 Å². The molecule has 1 saturated carbocycles. The Morgan fingerprint density at radius 3 is 2.42 bits per heavy atom. The Morgan fingerprint density at radius 1 is 1.15 bits per heavy atom. The van der Waals surface area contributed by atoms with E-state index in [4.69, 9.17) is 0 Å². The molecule has 3 rings (SSSR count). The van der Waals surface area contributed by atoms with E-state index in [2.05, 4.69) is 15.3 Å². The molecule has 1 aromatic heterocycles. The highest BCUT2D eigenvalue weighted by atomic mass is 19.1.